The Morgan fingerprint density at radius 1 is 1.57 bits per heavy atom. The zero-order valence-electron chi connectivity index (χ0n) is 8.61. The molecule has 0 aliphatic heterocycles. The maximum Gasteiger partial charge on any atom is 0.249 e. The van der Waals surface area contributed by atoms with E-state index in [9.17, 15) is 4.79 Å². The van der Waals surface area contributed by atoms with Crippen LogP contribution in [0.5, 0.6) is 0 Å². The van der Waals surface area contributed by atoms with Gasteiger partial charge in [0.25, 0.3) is 0 Å². The first-order valence-electron chi connectivity index (χ1n) is 4.51. The first-order chi connectivity index (χ1) is 6.65. The summed E-state index contributed by atoms with van der Waals surface area (Å²) in [4.78, 5) is 11.4. The van der Waals surface area contributed by atoms with Crippen LogP contribution in [0.25, 0.3) is 0 Å². The molecule has 0 bridgehead atoms. The van der Waals surface area contributed by atoms with Gasteiger partial charge in [-0.2, -0.15) is 0 Å². The molecule has 0 aromatic carbocycles. The van der Waals surface area contributed by atoms with E-state index in [4.69, 9.17) is 9.15 Å². The molecule has 1 amide bonds. The SMILES string of the molecule is COC(C)C(=O)NC(C)c1ccco1. The molecule has 0 spiro atoms. The van der Waals surface area contributed by atoms with E-state index < -0.39 is 6.10 Å². The fourth-order valence-corrected chi connectivity index (χ4v) is 1.05. The van der Waals surface area contributed by atoms with E-state index in [0.717, 1.165) is 5.76 Å². The third-order valence-corrected chi connectivity index (χ3v) is 2.05. The molecule has 0 saturated carbocycles. The molecule has 2 unspecified atom stereocenters. The van der Waals surface area contributed by atoms with Crippen molar-refractivity contribution < 1.29 is 13.9 Å². The van der Waals surface area contributed by atoms with Gasteiger partial charge in [0.1, 0.15) is 11.9 Å². The quantitative estimate of drug-likeness (QED) is 0.795. The second kappa shape index (κ2) is 4.81. The summed E-state index contributed by atoms with van der Waals surface area (Å²) in [5.74, 6) is 0.595. The Bertz CT molecular complexity index is 282. The molecule has 0 aliphatic rings. The van der Waals surface area contributed by atoms with Gasteiger partial charge in [-0.25, -0.2) is 0 Å². The molecule has 0 aliphatic carbocycles. The molecular weight excluding hydrogens is 182 g/mol. The number of amides is 1. The summed E-state index contributed by atoms with van der Waals surface area (Å²) in [6, 6.07) is 3.48. The highest BCUT2D eigenvalue weighted by molar-refractivity contribution is 5.80. The van der Waals surface area contributed by atoms with Crippen LogP contribution in [0.4, 0.5) is 0 Å². The summed E-state index contributed by atoms with van der Waals surface area (Å²) in [5.41, 5.74) is 0. The molecule has 1 aromatic heterocycles. The zero-order valence-corrected chi connectivity index (χ0v) is 8.61. The first-order valence-corrected chi connectivity index (χ1v) is 4.51. The minimum absolute atomic E-state index is 0.130. The van der Waals surface area contributed by atoms with Gasteiger partial charge < -0.3 is 14.5 Å². The lowest BCUT2D eigenvalue weighted by atomic mass is 10.2. The van der Waals surface area contributed by atoms with Gasteiger partial charge in [0.2, 0.25) is 5.91 Å². The highest BCUT2D eigenvalue weighted by Gasteiger charge is 2.16. The second-order valence-electron chi connectivity index (χ2n) is 3.12. The highest BCUT2D eigenvalue weighted by Crippen LogP contribution is 2.12. The lowest BCUT2D eigenvalue weighted by Crippen LogP contribution is -2.35. The van der Waals surface area contributed by atoms with Crippen molar-refractivity contribution in [1.82, 2.24) is 5.32 Å². The molecule has 4 heteroatoms. The van der Waals surface area contributed by atoms with Crippen molar-refractivity contribution in [1.29, 1.82) is 0 Å². The molecule has 2 atom stereocenters. The van der Waals surface area contributed by atoms with E-state index in [1.807, 2.05) is 13.0 Å². The van der Waals surface area contributed by atoms with Crippen molar-refractivity contribution in [2.45, 2.75) is 26.0 Å². The summed E-state index contributed by atoms with van der Waals surface area (Å²) in [6.07, 6.45) is 1.14. The largest absolute Gasteiger partial charge is 0.467 e. The van der Waals surface area contributed by atoms with Crippen molar-refractivity contribution in [3.63, 3.8) is 0 Å². The number of carbonyl (C=O) groups excluding carboxylic acids is 1. The van der Waals surface area contributed by atoms with E-state index in [1.165, 1.54) is 7.11 Å². The number of methoxy groups -OCH3 is 1. The van der Waals surface area contributed by atoms with Crippen LogP contribution in [-0.4, -0.2) is 19.1 Å². The van der Waals surface area contributed by atoms with Crippen LogP contribution >= 0.6 is 0 Å². The molecule has 1 rings (SSSR count). The topological polar surface area (TPSA) is 51.5 Å². The molecule has 78 valence electrons. The van der Waals surface area contributed by atoms with E-state index >= 15 is 0 Å². The third kappa shape index (κ3) is 2.60. The van der Waals surface area contributed by atoms with Crippen molar-refractivity contribution in [2.24, 2.45) is 0 Å². The molecule has 0 radical (unpaired) electrons. The number of hydrogen-bond donors (Lipinski definition) is 1. The van der Waals surface area contributed by atoms with Crippen molar-refractivity contribution >= 4 is 5.91 Å². The standard InChI is InChI=1S/C10H15NO3/c1-7(9-5-4-6-14-9)11-10(12)8(2)13-3/h4-8H,1-3H3,(H,11,12). The van der Waals surface area contributed by atoms with Gasteiger partial charge >= 0.3 is 0 Å². The zero-order chi connectivity index (χ0) is 10.6. The van der Waals surface area contributed by atoms with E-state index in [-0.39, 0.29) is 11.9 Å². The van der Waals surface area contributed by atoms with E-state index in [1.54, 1.807) is 19.3 Å². The number of ether oxygens (including phenoxy) is 1. The van der Waals surface area contributed by atoms with E-state index in [2.05, 4.69) is 5.32 Å². The van der Waals surface area contributed by atoms with Gasteiger partial charge in [0.15, 0.2) is 0 Å². The van der Waals surface area contributed by atoms with Gasteiger partial charge in [0, 0.05) is 7.11 Å². The van der Waals surface area contributed by atoms with Gasteiger partial charge in [-0.15, -0.1) is 0 Å². The van der Waals surface area contributed by atoms with Gasteiger partial charge in [-0.3, -0.25) is 4.79 Å². The normalized spacial score (nSPS) is 14.8. The predicted octanol–water partition coefficient (Wildman–Crippen LogP) is 1.49. The van der Waals surface area contributed by atoms with Crippen LogP contribution in [0.2, 0.25) is 0 Å². The van der Waals surface area contributed by atoms with Crippen LogP contribution in [0.3, 0.4) is 0 Å². The highest BCUT2D eigenvalue weighted by atomic mass is 16.5. The average Bonchev–Trinajstić information content (AvgIpc) is 2.69. The number of nitrogens with one attached hydrogen (secondary N) is 1. The molecule has 14 heavy (non-hydrogen) atoms. The summed E-state index contributed by atoms with van der Waals surface area (Å²) in [6.45, 7) is 3.56. The number of rotatable bonds is 4. The van der Waals surface area contributed by atoms with Crippen LogP contribution in [-0.2, 0) is 9.53 Å². The lowest BCUT2D eigenvalue weighted by Gasteiger charge is -2.14. The summed E-state index contributed by atoms with van der Waals surface area (Å²) in [5, 5.41) is 2.78. The van der Waals surface area contributed by atoms with Crippen LogP contribution in [0.1, 0.15) is 25.6 Å². The number of hydrogen-bond acceptors (Lipinski definition) is 3. The molecule has 0 fully saturated rings. The predicted molar refractivity (Wildman–Crippen MR) is 51.7 cm³/mol. The van der Waals surface area contributed by atoms with Gasteiger partial charge in [-0.1, -0.05) is 0 Å². The fourth-order valence-electron chi connectivity index (χ4n) is 1.05. The first kappa shape index (κ1) is 10.8. The molecule has 0 saturated heterocycles. The maximum absolute atomic E-state index is 11.4. The molecule has 4 nitrogen and oxygen atoms in total. The number of furan rings is 1. The number of carbonyl (C=O) groups is 1. The van der Waals surface area contributed by atoms with Gasteiger partial charge in [-0.05, 0) is 26.0 Å². The Hall–Kier alpha value is -1.29. The molecule has 1 heterocycles. The Kier molecular flexibility index (Phi) is 3.71. The van der Waals surface area contributed by atoms with Gasteiger partial charge in [0.05, 0.1) is 12.3 Å². The molecule has 1 aromatic rings. The summed E-state index contributed by atoms with van der Waals surface area (Å²) in [7, 11) is 1.50. The van der Waals surface area contributed by atoms with Crippen molar-refractivity contribution in [3.8, 4) is 0 Å². The summed E-state index contributed by atoms with van der Waals surface area (Å²) >= 11 is 0. The van der Waals surface area contributed by atoms with Crippen LogP contribution in [0, 0.1) is 0 Å². The Balaban J connectivity index is 2.49. The summed E-state index contributed by atoms with van der Waals surface area (Å²) < 4.78 is 10.0. The maximum atomic E-state index is 11.4. The smallest absolute Gasteiger partial charge is 0.249 e. The second-order valence-corrected chi connectivity index (χ2v) is 3.12. The third-order valence-electron chi connectivity index (χ3n) is 2.05. The fraction of sp³-hybridized carbons (Fsp3) is 0.500. The average molecular weight is 197 g/mol. The van der Waals surface area contributed by atoms with Crippen molar-refractivity contribution in [2.75, 3.05) is 7.11 Å². The Morgan fingerprint density at radius 2 is 2.29 bits per heavy atom. The lowest BCUT2D eigenvalue weighted by molar-refractivity contribution is -0.130. The minimum Gasteiger partial charge on any atom is -0.467 e. The minimum atomic E-state index is -0.438. The van der Waals surface area contributed by atoms with Crippen LogP contribution in [0.15, 0.2) is 22.8 Å². The molecular formula is C10H15NO3. The molecule has 1 N–H and O–H groups in total. The Labute approximate surface area is 83.2 Å². The van der Waals surface area contributed by atoms with E-state index in [0.29, 0.717) is 0 Å². The monoisotopic (exact) mass is 197 g/mol. The Morgan fingerprint density at radius 3 is 2.79 bits per heavy atom. The van der Waals surface area contributed by atoms with Crippen LogP contribution < -0.4 is 5.32 Å². The van der Waals surface area contributed by atoms with Crippen molar-refractivity contribution in [3.05, 3.63) is 24.2 Å².